The number of benzene rings is 1. The minimum absolute atomic E-state index is 0.0677. The van der Waals surface area contributed by atoms with Gasteiger partial charge in [-0.15, -0.1) is 0 Å². The Kier molecular flexibility index (Phi) is 3.33. The van der Waals surface area contributed by atoms with Gasteiger partial charge in [-0.05, 0) is 51.2 Å². The van der Waals surface area contributed by atoms with Crippen molar-refractivity contribution in [1.82, 2.24) is 0 Å². The van der Waals surface area contributed by atoms with Crippen LogP contribution in [0.15, 0.2) is 6.07 Å². The van der Waals surface area contributed by atoms with Gasteiger partial charge in [0.1, 0.15) is 11.3 Å². The SMILES string of the molecule is O=C(O)c1cc(I)c(F)c(I)c1O. The van der Waals surface area contributed by atoms with Gasteiger partial charge in [0.25, 0.3) is 0 Å². The molecule has 70 valence electrons. The monoisotopic (exact) mass is 408 g/mol. The van der Waals surface area contributed by atoms with Crippen molar-refractivity contribution in [3.8, 4) is 5.75 Å². The fraction of sp³-hybridized carbons (Fsp3) is 0. The van der Waals surface area contributed by atoms with E-state index >= 15 is 0 Å². The Bertz CT molecular complexity index is 378. The summed E-state index contributed by atoms with van der Waals surface area (Å²) in [6.45, 7) is 0. The van der Waals surface area contributed by atoms with Gasteiger partial charge in [-0.3, -0.25) is 0 Å². The number of hydrogen-bond donors (Lipinski definition) is 2. The van der Waals surface area contributed by atoms with Crippen molar-refractivity contribution in [2.24, 2.45) is 0 Å². The molecule has 0 aliphatic carbocycles. The van der Waals surface area contributed by atoms with Crippen molar-refractivity contribution in [1.29, 1.82) is 0 Å². The molecular weight excluding hydrogens is 405 g/mol. The highest BCUT2D eigenvalue weighted by Gasteiger charge is 2.18. The summed E-state index contributed by atoms with van der Waals surface area (Å²) in [6.07, 6.45) is 0. The third kappa shape index (κ3) is 2.03. The van der Waals surface area contributed by atoms with E-state index in [1.165, 1.54) is 0 Å². The zero-order chi connectivity index (χ0) is 10.2. The fourth-order valence-corrected chi connectivity index (χ4v) is 2.43. The lowest BCUT2D eigenvalue weighted by atomic mass is 10.2. The Balaban J connectivity index is 3.50. The molecule has 6 heteroatoms. The minimum Gasteiger partial charge on any atom is -0.506 e. The number of hydrogen-bond acceptors (Lipinski definition) is 2. The van der Waals surface area contributed by atoms with Crippen LogP contribution in [0.5, 0.6) is 5.75 Å². The molecule has 0 heterocycles. The Hall–Kier alpha value is -0.120. The summed E-state index contributed by atoms with van der Waals surface area (Å²) in [4.78, 5) is 10.5. The van der Waals surface area contributed by atoms with Crippen LogP contribution in [0.1, 0.15) is 10.4 Å². The molecular formula is C7H3FI2O3. The molecule has 3 nitrogen and oxygen atoms in total. The molecule has 13 heavy (non-hydrogen) atoms. The Morgan fingerprint density at radius 3 is 2.46 bits per heavy atom. The molecule has 0 aromatic heterocycles. The van der Waals surface area contributed by atoms with Gasteiger partial charge in [0.2, 0.25) is 0 Å². The Labute approximate surface area is 100 Å². The lowest BCUT2D eigenvalue weighted by Gasteiger charge is -2.04. The highest BCUT2D eigenvalue weighted by molar-refractivity contribution is 14.1. The van der Waals surface area contributed by atoms with Crippen molar-refractivity contribution in [2.75, 3.05) is 0 Å². The lowest BCUT2D eigenvalue weighted by Crippen LogP contribution is -2.01. The number of carboxylic acid groups (broad SMARTS) is 1. The first-order chi connectivity index (χ1) is 5.95. The quantitative estimate of drug-likeness (QED) is 0.555. The average Bonchev–Trinajstić information content (AvgIpc) is 2.07. The molecule has 0 bridgehead atoms. The van der Waals surface area contributed by atoms with Crippen molar-refractivity contribution in [3.05, 3.63) is 24.6 Å². The molecule has 1 rings (SSSR count). The first-order valence-corrected chi connectivity index (χ1v) is 5.20. The van der Waals surface area contributed by atoms with Crippen molar-refractivity contribution in [2.45, 2.75) is 0 Å². The second-order valence-electron chi connectivity index (χ2n) is 2.19. The third-order valence-corrected chi connectivity index (χ3v) is 3.14. The van der Waals surface area contributed by atoms with E-state index in [2.05, 4.69) is 0 Å². The maximum atomic E-state index is 13.1. The van der Waals surface area contributed by atoms with Crippen LogP contribution in [0.25, 0.3) is 0 Å². The molecule has 0 aliphatic rings. The number of aromatic carboxylic acids is 1. The number of phenols is 1. The topological polar surface area (TPSA) is 57.5 Å². The Morgan fingerprint density at radius 1 is 1.46 bits per heavy atom. The second kappa shape index (κ2) is 3.95. The maximum absolute atomic E-state index is 13.1. The normalized spacial score (nSPS) is 10.1. The molecule has 0 radical (unpaired) electrons. The van der Waals surface area contributed by atoms with Gasteiger partial charge < -0.3 is 10.2 Å². The smallest absolute Gasteiger partial charge is 0.339 e. The van der Waals surface area contributed by atoms with E-state index in [1.54, 1.807) is 45.2 Å². The highest BCUT2D eigenvalue weighted by atomic mass is 127. The van der Waals surface area contributed by atoms with E-state index in [-0.39, 0.29) is 12.7 Å². The van der Waals surface area contributed by atoms with Crippen LogP contribution >= 0.6 is 45.2 Å². The van der Waals surface area contributed by atoms with Gasteiger partial charge in [0, 0.05) is 0 Å². The number of carbonyl (C=O) groups is 1. The van der Waals surface area contributed by atoms with Gasteiger partial charge in [0.05, 0.1) is 7.14 Å². The van der Waals surface area contributed by atoms with Gasteiger partial charge in [-0.2, -0.15) is 0 Å². The first kappa shape index (κ1) is 11.0. The van der Waals surface area contributed by atoms with Gasteiger partial charge >= 0.3 is 5.97 Å². The summed E-state index contributed by atoms with van der Waals surface area (Å²) in [5.41, 5.74) is -0.282. The van der Waals surface area contributed by atoms with E-state index in [9.17, 15) is 14.3 Å². The summed E-state index contributed by atoms with van der Waals surface area (Å²) in [7, 11) is 0. The van der Waals surface area contributed by atoms with E-state index in [0.29, 0.717) is 0 Å². The largest absolute Gasteiger partial charge is 0.506 e. The van der Waals surface area contributed by atoms with Crippen LogP contribution in [0.3, 0.4) is 0 Å². The molecule has 0 unspecified atom stereocenters. The highest BCUT2D eigenvalue weighted by Crippen LogP contribution is 2.30. The van der Waals surface area contributed by atoms with Gasteiger partial charge in [0.15, 0.2) is 5.82 Å². The molecule has 0 amide bonds. The molecule has 0 saturated carbocycles. The molecule has 0 atom stereocenters. The molecule has 0 fully saturated rings. The van der Waals surface area contributed by atoms with Gasteiger partial charge in [-0.1, -0.05) is 0 Å². The summed E-state index contributed by atoms with van der Waals surface area (Å²) in [5.74, 6) is -2.39. The maximum Gasteiger partial charge on any atom is 0.339 e. The van der Waals surface area contributed by atoms with Crippen LogP contribution in [-0.4, -0.2) is 16.2 Å². The Morgan fingerprint density at radius 2 is 2.00 bits per heavy atom. The number of carboxylic acids is 1. The second-order valence-corrected chi connectivity index (χ2v) is 4.43. The van der Waals surface area contributed by atoms with Crippen LogP contribution in [0.4, 0.5) is 4.39 Å². The van der Waals surface area contributed by atoms with Crippen molar-refractivity contribution >= 4 is 51.2 Å². The molecule has 1 aromatic rings. The van der Waals surface area contributed by atoms with Crippen molar-refractivity contribution in [3.63, 3.8) is 0 Å². The third-order valence-electron chi connectivity index (χ3n) is 1.37. The average molecular weight is 408 g/mol. The summed E-state index contributed by atoms with van der Waals surface area (Å²) in [6, 6.07) is 1.09. The van der Waals surface area contributed by atoms with Gasteiger partial charge in [-0.25, -0.2) is 9.18 Å². The van der Waals surface area contributed by atoms with Crippen LogP contribution in [0, 0.1) is 13.0 Å². The van der Waals surface area contributed by atoms with E-state index in [4.69, 9.17) is 5.11 Å². The summed E-state index contributed by atoms with van der Waals surface area (Å²) >= 11 is 3.23. The standard InChI is InChI=1S/C7H3FI2O3/c8-4-3(9)1-2(7(12)13)6(11)5(4)10/h1,11H,(H,12,13). The van der Waals surface area contributed by atoms with E-state index in [1.807, 2.05) is 0 Å². The predicted octanol–water partition coefficient (Wildman–Crippen LogP) is 2.44. The molecule has 0 saturated heterocycles. The van der Waals surface area contributed by atoms with Crippen LogP contribution < -0.4 is 0 Å². The van der Waals surface area contributed by atoms with Crippen molar-refractivity contribution < 1.29 is 19.4 Å². The molecule has 0 aliphatic heterocycles. The molecule has 1 aromatic carbocycles. The zero-order valence-corrected chi connectivity index (χ0v) is 10.3. The lowest BCUT2D eigenvalue weighted by molar-refractivity contribution is 0.0693. The summed E-state index contributed by atoms with van der Waals surface area (Å²) in [5, 5.41) is 17.9. The van der Waals surface area contributed by atoms with E-state index in [0.717, 1.165) is 6.07 Å². The molecule has 0 spiro atoms. The first-order valence-electron chi connectivity index (χ1n) is 3.05. The molecule has 2 N–H and O–H groups in total. The number of aromatic hydroxyl groups is 1. The van der Waals surface area contributed by atoms with Crippen LogP contribution in [0.2, 0.25) is 0 Å². The van der Waals surface area contributed by atoms with E-state index < -0.39 is 17.5 Å². The zero-order valence-electron chi connectivity index (χ0n) is 6.01. The fourth-order valence-electron chi connectivity index (χ4n) is 0.748. The minimum atomic E-state index is -1.27. The number of halogens is 3. The van der Waals surface area contributed by atoms with Crippen LogP contribution in [-0.2, 0) is 0 Å². The predicted molar refractivity (Wildman–Crippen MR) is 60.5 cm³/mol. The number of rotatable bonds is 1. The summed E-state index contributed by atoms with van der Waals surface area (Å²) < 4.78 is 13.2.